The van der Waals surface area contributed by atoms with Crippen molar-refractivity contribution in [1.29, 1.82) is 0 Å². The summed E-state index contributed by atoms with van der Waals surface area (Å²) in [4.78, 5) is 9.87. The van der Waals surface area contributed by atoms with Crippen molar-refractivity contribution in [2.45, 2.75) is 5.60 Å². The van der Waals surface area contributed by atoms with Crippen LogP contribution in [0.2, 0.25) is 0 Å². The smallest absolute Gasteiger partial charge is 0.134 e. The first kappa shape index (κ1) is 8.58. The van der Waals surface area contributed by atoms with Gasteiger partial charge in [0.15, 0.2) is 0 Å². The quantitative estimate of drug-likeness (QED) is 0.556. The van der Waals surface area contributed by atoms with Crippen molar-refractivity contribution in [3.63, 3.8) is 0 Å². The Bertz CT molecular complexity index is 131. The average Bonchev–Trinajstić information content (AvgIpc) is 2.15. The van der Waals surface area contributed by atoms with Crippen LogP contribution < -0.4 is 0 Å². The second-order valence-electron chi connectivity index (χ2n) is 2.62. The van der Waals surface area contributed by atoms with Gasteiger partial charge in [0.1, 0.15) is 12.1 Å². The zero-order valence-corrected chi connectivity index (χ0v) is 6.15. The maximum Gasteiger partial charge on any atom is 0.134 e. The van der Waals surface area contributed by atoms with E-state index in [4.69, 9.17) is 9.47 Å². The summed E-state index contributed by atoms with van der Waals surface area (Å²) in [5.41, 5.74) is -1.21. The fourth-order valence-electron chi connectivity index (χ4n) is 0.895. The first-order chi connectivity index (χ1) is 5.27. The molecule has 1 heterocycles. The Morgan fingerprint density at radius 3 is 2.36 bits per heavy atom. The monoisotopic (exact) mass is 161 g/mol. The number of ether oxygens (including phenoxy) is 2. The van der Waals surface area contributed by atoms with Gasteiger partial charge in [-0.05, 0) is 0 Å². The summed E-state index contributed by atoms with van der Waals surface area (Å²) < 4.78 is 9.98. The van der Waals surface area contributed by atoms with E-state index in [0.717, 1.165) is 0 Å². The molecule has 0 atom stereocenters. The van der Waals surface area contributed by atoms with Crippen molar-refractivity contribution < 1.29 is 14.6 Å². The summed E-state index contributed by atoms with van der Waals surface area (Å²) in [6.07, 6.45) is 0. The lowest BCUT2D eigenvalue weighted by Gasteiger charge is -2.20. The van der Waals surface area contributed by atoms with E-state index in [9.17, 15) is 10.0 Å². The van der Waals surface area contributed by atoms with Crippen molar-refractivity contribution in [2.75, 3.05) is 33.0 Å². The second-order valence-corrected chi connectivity index (χ2v) is 2.62. The van der Waals surface area contributed by atoms with Gasteiger partial charge in [0.05, 0.1) is 26.4 Å². The van der Waals surface area contributed by atoms with Crippen LogP contribution in [0.5, 0.6) is 0 Å². The van der Waals surface area contributed by atoms with E-state index in [0.29, 0.717) is 13.2 Å². The van der Waals surface area contributed by atoms with Crippen LogP contribution in [0.1, 0.15) is 0 Å². The number of hydrogen-bond donors (Lipinski definition) is 1. The molecule has 1 saturated heterocycles. The van der Waals surface area contributed by atoms with Crippen molar-refractivity contribution in [3.8, 4) is 0 Å². The molecule has 0 aromatic carbocycles. The highest BCUT2D eigenvalue weighted by Gasteiger charge is 2.30. The van der Waals surface area contributed by atoms with Gasteiger partial charge in [-0.3, -0.25) is 0 Å². The Hall–Kier alpha value is -0.520. The van der Waals surface area contributed by atoms with Gasteiger partial charge in [-0.2, -0.15) is 4.91 Å². The molecule has 1 rings (SSSR count). The van der Waals surface area contributed by atoms with Gasteiger partial charge in [-0.1, -0.05) is 5.18 Å². The zero-order valence-electron chi connectivity index (χ0n) is 6.15. The van der Waals surface area contributed by atoms with E-state index in [1.807, 2.05) is 0 Å². The van der Waals surface area contributed by atoms with Crippen LogP contribution >= 0.6 is 0 Å². The molecule has 5 heteroatoms. The fourth-order valence-corrected chi connectivity index (χ4v) is 0.895. The Labute approximate surface area is 64.3 Å². The molecule has 0 spiro atoms. The molecule has 0 saturated carbocycles. The molecular formula is C6H11NO4. The molecule has 0 aromatic heterocycles. The summed E-state index contributed by atoms with van der Waals surface area (Å²) in [5.74, 6) is 0. The highest BCUT2D eigenvalue weighted by atomic mass is 16.6. The summed E-state index contributed by atoms with van der Waals surface area (Å²) in [6.45, 7) is 0.993. The Balaban J connectivity index is 2.44. The van der Waals surface area contributed by atoms with E-state index in [1.165, 1.54) is 0 Å². The van der Waals surface area contributed by atoms with Gasteiger partial charge >= 0.3 is 0 Å². The molecule has 1 aliphatic heterocycles. The predicted octanol–water partition coefficient (Wildman–Crippen LogP) is -0.469. The Kier molecular flexibility index (Phi) is 2.92. The van der Waals surface area contributed by atoms with Crippen LogP contribution in [0, 0.1) is 4.91 Å². The standard InChI is InChI=1S/C6H11NO4/c8-6(3-7-9)4-10-1-2-11-5-6/h8H,1-5H2. The highest BCUT2D eigenvalue weighted by molar-refractivity contribution is 4.81. The molecule has 0 bridgehead atoms. The van der Waals surface area contributed by atoms with Crippen LogP contribution in [0.3, 0.4) is 0 Å². The predicted molar refractivity (Wildman–Crippen MR) is 37.2 cm³/mol. The number of aliphatic hydroxyl groups is 1. The largest absolute Gasteiger partial charge is 0.383 e. The third-order valence-corrected chi connectivity index (χ3v) is 1.47. The Morgan fingerprint density at radius 2 is 1.91 bits per heavy atom. The first-order valence-electron chi connectivity index (χ1n) is 3.44. The van der Waals surface area contributed by atoms with E-state index >= 15 is 0 Å². The van der Waals surface area contributed by atoms with E-state index in [2.05, 4.69) is 5.18 Å². The minimum Gasteiger partial charge on any atom is -0.383 e. The van der Waals surface area contributed by atoms with Gasteiger partial charge in [-0.15, -0.1) is 0 Å². The van der Waals surface area contributed by atoms with Gasteiger partial charge in [0.25, 0.3) is 0 Å². The molecule has 0 aromatic rings. The van der Waals surface area contributed by atoms with Gasteiger partial charge in [-0.25, -0.2) is 0 Å². The van der Waals surface area contributed by atoms with Crippen LogP contribution in [-0.4, -0.2) is 43.7 Å². The fraction of sp³-hybridized carbons (Fsp3) is 1.00. The summed E-state index contributed by atoms with van der Waals surface area (Å²) in [7, 11) is 0. The Morgan fingerprint density at radius 1 is 1.36 bits per heavy atom. The van der Waals surface area contributed by atoms with Crippen LogP contribution in [0.4, 0.5) is 0 Å². The molecule has 0 radical (unpaired) electrons. The molecule has 5 nitrogen and oxygen atoms in total. The highest BCUT2D eigenvalue weighted by Crippen LogP contribution is 2.09. The molecule has 11 heavy (non-hydrogen) atoms. The first-order valence-corrected chi connectivity index (χ1v) is 3.44. The van der Waals surface area contributed by atoms with Gasteiger partial charge in [0, 0.05) is 0 Å². The van der Waals surface area contributed by atoms with E-state index in [1.54, 1.807) is 0 Å². The minimum absolute atomic E-state index is 0.124. The third kappa shape index (κ3) is 2.53. The van der Waals surface area contributed by atoms with Gasteiger partial charge < -0.3 is 14.6 Å². The van der Waals surface area contributed by atoms with E-state index in [-0.39, 0.29) is 19.8 Å². The lowest BCUT2D eigenvalue weighted by atomic mass is 10.1. The number of hydrogen-bond acceptors (Lipinski definition) is 5. The average molecular weight is 161 g/mol. The molecule has 0 unspecified atom stereocenters. The summed E-state index contributed by atoms with van der Waals surface area (Å²) in [5, 5.41) is 12.1. The van der Waals surface area contributed by atoms with E-state index < -0.39 is 5.60 Å². The number of nitroso groups, excluding NO2 is 1. The van der Waals surface area contributed by atoms with Crippen LogP contribution in [0.25, 0.3) is 0 Å². The number of rotatable bonds is 2. The molecule has 0 amide bonds. The SMILES string of the molecule is O=NCC1(O)COCCOC1. The van der Waals surface area contributed by atoms with Crippen molar-refractivity contribution in [2.24, 2.45) is 5.18 Å². The van der Waals surface area contributed by atoms with Gasteiger partial charge in [0.2, 0.25) is 0 Å². The normalized spacial score (nSPS) is 24.1. The lowest BCUT2D eigenvalue weighted by molar-refractivity contribution is -0.0473. The van der Waals surface area contributed by atoms with Crippen molar-refractivity contribution in [3.05, 3.63) is 4.91 Å². The second kappa shape index (κ2) is 3.75. The van der Waals surface area contributed by atoms with Crippen molar-refractivity contribution >= 4 is 0 Å². The maximum atomic E-state index is 9.87. The molecule has 64 valence electrons. The third-order valence-electron chi connectivity index (χ3n) is 1.47. The molecule has 1 fully saturated rings. The summed E-state index contributed by atoms with van der Waals surface area (Å²) >= 11 is 0. The van der Waals surface area contributed by atoms with Crippen LogP contribution in [-0.2, 0) is 9.47 Å². The topological polar surface area (TPSA) is 68.1 Å². The number of nitrogens with zero attached hydrogens (tertiary/aromatic N) is 1. The molecule has 0 aliphatic carbocycles. The molecular weight excluding hydrogens is 150 g/mol. The lowest BCUT2D eigenvalue weighted by Crippen LogP contribution is -2.41. The summed E-state index contributed by atoms with van der Waals surface area (Å²) in [6, 6.07) is 0. The minimum atomic E-state index is -1.21. The zero-order chi connectivity index (χ0) is 8.16. The maximum absolute atomic E-state index is 9.87. The van der Waals surface area contributed by atoms with Crippen molar-refractivity contribution in [1.82, 2.24) is 0 Å². The van der Waals surface area contributed by atoms with Crippen LogP contribution in [0.15, 0.2) is 5.18 Å². The molecule has 1 N–H and O–H groups in total. The molecule has 1 aliphatic rings.